The van der Waals surface area contributed by atoms with Crippen molar-refractivity contribution in [1.82, 2.24) is 0 Å². The van der Waals surface area contributed by atoms with Crippen LogP contribution < -0.4 is 0 Å². The predicted molar refractivity (Wildman–Crippen MR) is 14.8 cm³/mol. The molecule has 0 aromatic rings. The Balaban J connectivity index is 2.92. The zero-order valence-electron chi connectivity index (χ0n) is 3.01. The zero-order valence-corrected chi connectivity index (χ0v) is 2.01. The maximum absolute atomic E-state index is 9.14. The Morgan fingerprint density at radius 3 is 3.00 bits per heavy atom. The smallest absolute Gasteiger partial charge is 0.187 e. The molecule has 0 fully saturated rings. The highest BCUT2D eigenvalue weighted by Gasteiger charge is 1.40. The summed E-state index contributed by atoms with van der Waals surface area (Å²) < 4.78 is 5.94. The molecule has 2 nitrogen and oxygen atoms in total. The van der Waals surface area contributed by atoms with Crippen LogP contribution in [0.15, 0.2) is 0 Å². The van der Waals surface area contributed by atoms with E-state index in [4.69, 9.17) is 6.21 Å². The number of hydrogen-bond donors (Lipinski definition) is 1. The molecule has 0 saturated carbocycles. The first-order valence-electron chi connectivity index (χ1n) is 1.27. The second-order valence-electron chi connectivity index (χ2n) is 0.285. The highest BCUT2D eigenvalue weighted by Crippen LogP contribution is 1.15. The summed E-state index contributed by atoms with van der Waals surface area (Å²) in [6.07, 6.45) is 1.31. The van der Waals surface area contributed by atoms with E-state index < -0.39 is 0 Å². The number of nitrogens with one attached hydrogen (secondary N) is 1. The number of aldehydes is 1. The molecule has 0 rings (SSSR count). The van der Waals surface area contributed by atoms with Gasteiger partial charge in [0.15, 0.2) is 7.70 Å². The molecule has 0 unspecified atom stereocenters. The molecule has 0 saturated heterocycles. The minimum atomic E-state index is 0.451. The van der Waals surface area contributed by atoms with Gasteiger partial charge in [-0.2, -0.15) is 0 Å². The lowest BCUT2D eigenvalue weighted by Gasteiger charge is -1.36. The third kappa shape index (κ3) is 1.34. The van der Waals surface area contributed by atoms with Gasteiger partial charge in [0.1, 0.15) is 0 Å². The van der Waals surface area contributed by atoms with E-state index in [0.29, 0.717) is 6.29 Å². The SMILES string of the molecule is [2H]N=CC=O. The fourth-order valence-electron chi connectivity index (χ4n) is 0. The molecular weight excluding hydrogens is 54.0 g/mol. The van der Waals surface area contributed by atoms with Gasteiger partial charge in [-0.1, -0.05) is 0 Å². The Hall–Kier alpha value is -0.660. The molecule has 2 heteroatoms. The molecule has 0 spiro atoms. The highest BCUT2D eigenvalue weighted by atomic mass is 16.1. The van der Waals surface area contributed by atoms with Crippen molar-refractivity contribution in [2.24, 2.45) is 0 Å². The Kier molecular flexibility index (Phi) is 0.959. The number of hydrogen-bond acceptors (Lipinski definition) is 2. The van der Waals surface area contributed by atoms with Crippen molar-refractivity contribution >= 4 is 12.5 Å². The maximum atomic E-state index is 9.14. The lowest BCUT2D eigenvalue weighted by Crippen LogP contribution is -1.60. The third-order valence-electron chi connectivity index (χ3n) is 0.0609. The quantitative estimate of drug-likeness (QED) is 0.330. The summed E-state index contributed by atoms with van der Waals surface area (Å²) in [6.45, 7) is 0. The Bertz CT molecular complexity index is 51.6. The van der Waals surface area contributed by atoms with Gasteiger partial charge < -0.3 is 5.40 Å². The van der Waals surface area contributed by atoms with E-state index in [2.05, 4.69) is 5.40 Å². The summed E-state index contributed by atoms with van der Waals surface area (Å²) >= 11 is 0. The molecule has 0 aliphatic heterocycles. The molecule has 0 aromatic heterocycles. The van der Waals surface area contributed by atoms with Crippen molar-refractivity contribution in [3.05, 3.63) is 0 Å². The number of rotatable bonds is 1. The van der Waals surface area contributed by atoms with Gasteiger partial charge in [-0.25, -0.2) is 0 Å². The van der Waals surface area contributed by atoms with Crippen molar-refractivity contribution in [3.8, 4) is 0 Å². The van der Waals surface area contributed by atoms with Crippen molar-refractivity contribution in [2.45, 2.75) is 0 Å². The molecule has 0 radical (unpaired) electrons. The summed E-state index contributed by atoms with van der Waals surface area (Å²) in [6, 6.07) is 0. The van der Waals surface area contributed by atoms with Gasteiger partial charge in [0, 0.05) is 0 Å². The zero-order chi connectivity index (χ0) is 4.12. The van der Waals surface area contributed by atoms with E-state index in [-0.39, 0.29) is 0 Å². The van der Waals surface area contributed by atoms with Gasteiger partial charge in [0.2, 0.25) is 0 Å². The van der Waals surface area contributed by atoms with Gasteiger partial charge >= 0.3 is 0 Å². The average Bonchev–Trinajstić information content (AvgIpc) is 1.41. The molecule has 0 heterocycles. The van der Waals surface area contributed by atoms with E-state index in [1.807, 2.05) is 0 Å². The van der Waals surface area contributed by atoms with Crippen LogP contribution in [0.2, 0.25) is 1.41 Å². The normalized spacial score (nSPS) is 11.5. The molecule has 0 atom stereocenters. The van der Waals surface area contributed by atoms with Crippen molar-refractivity contribution in [3.63, 3.8) is 0 Å². The molecule has 0 aliphatic carbocycles. The van der Waals surface area contributed by atoms with Gasteiger partial charge in [0.05, 0.1) is 6.21 Å². The molecule has 0 aliphatic rings. The van der Waals surface area contributed by atoms with E-state index in [9.17, 15) is 0 Å². The second-order valence-corrected chi connectivity index (χ2v) is 0.285. The number of carbonyl (C=O) groups is 1. The third-order valence-corrected chi connectivity index (χ3v) is 0.0609. The molecular formula is C2H3NO. The summed E-state index contributed by atoms with van der Waals surface area (Å²) in [4.78, 5) is 9.14. The Labute approximate surface area is 25.4 Å². The standard InChI is InChI=1S/C2H3NO/c3-1-2-4/h1-3H/i/hD. The van der Waals surface area contributed by atoms with Gasteiger partial charge in [-0.15, -0.1) is 0 Å². The molecule has 22 valence electrons. The first-order valence-corrected chi connectivity index (χ1v) is 0.827. The molecule has 0 aromatic carbocycles. The van der Waals surface area contributed by atoms with E-state index >= 15 is 0 Å². The van der Waals surface area contributed by atoms with Gasteiger partial charge in [0.25, 0.3) is 0 Å². The minimum absolute atomic E-state index is 0.451. The van der Waals surface area contributed by atoms with Gasteiger partial charge in [-0.05, 0) is 0 Å². The average molecular weight is 58.1 g/mol. The van der Waals surface area contributed by atoms with Crippen LogP contribution in [0.4, 0.5) is 0 Å². The summed E-state index contributed by atoms with van der Waals surface area (Å²) in [5.41, 5.74) is 0. The predicted octanol–water partition coefficient (Wildman–Crippen LogP) is -0.165. The topological polar surface area (TPSA) is 40.9 Å². The van der Waals surface area contributed by atoms with Gasteiger partial charge in [-0.3, -0.25) is 4.79 Å². The largest absolute Gasteiger partial charge is 0.305 e. The van der Waals surface area contributed by atoms with Crippen LogP contribution in [0.5, 0.6) is 0 Å². The first-order chi connectivity index (χ1) is 2.41. The maximum Gasteiger partial charge on any atom is 0.187 e. The first kappa shape index (κ1) is 1.64. The Morgan fingerprint density at radius 2 is 3.00 bits per heavy atom. The van der Waals surface area contributed by atoms with Crippen LogP contribution in [0.3, 0.4) is 0 Å². The van der Waals surface area contributed by atoms with Crippen molar-refractivity contribution in [1.29, 1.82) is 5.40 Å². The van der Waals surface area contributed by atoms with Crippen LogP contribution in [-0.2, 0) is 4.79 Å². The van der Waals surface area contributed by atoms with Crippen LogP contribution in [0, 0.1) is 5.40 Å². The van der Waals surface area contributed by atoms with Crippen LogP contribution in [0.1, 0.15) is 0 Å². The van der Waals surface area contributed by atoms with Crippen LogP contribution in [-0.4, -0.2) is 12.5 Å². The van der Waals surface area contributed by atoms with E-state index in [0.717, 1.165) is 6.21 Å². The van der Waals surface area contributed by atoms with Crippen molar-refractivity contribution < 1.29 is 6.21 Å². The van der Waals surface area contributed by atoms with Crippen LogP contribution >= 0.6 is 0 Å². The van der Waals surface area contributed by atoms with E-state index in [1.54, 1.807) is 0 Å². The molecule has 4 heavy (non-hydrogen) atoms. The van der Waals surface area contributed by atoms with Crippen molar-refractivity contribution in [2.75, 3.05) is 0 Å². The number of carbonyl (C=O) groups excluding carboxylic acids is 1. The minimum Gasteiger partial charge on any atom is -0.305 e. The molecule has 1 N–H and O–H groups in total. The molecule has 0 amide bonds. The summed E-state index contributed by atoms with van der Waals surface area (Å²) in [5.74, 6) is 0. The highest BCUT2D eigenvalue weighted by molar-refractivity contribution is 6.11. The second kappa shape index (κ2) is 2.34. The van der Waals surface area contributed by atoms with Crippen LogP contribution in [0.25, 0.3) is 0 Å². The van der Waals surface area contributed by atoms with E-state index in [1.165, 1.54) is 0 Å². The summed E-state index contributed by atoms with van der Waals surface area (Å²) in [7, 11) is 0. The lowest BCUT2D eigenvalue weighted by molar-refractivity contribution is -0.102. The monoisotopic (exact) mass is 58.0 g/mol. The molecule has 0 bridgehead atoms. The fraction of sp³-hybridized carbons (Fsp3) is 0. The summed E-state index contributed by atoms with van der Waals surface area (Å²) in [5, 5.41) is 2.61. The Morgan fingerprint density at radius 1 is 2.25 bits per heavy atom. The lowest BCUT2D eigenvalue weighted by atomic mass is 10.9. The fourth-order valence-corrected chi connectivity index (χ4v) is 0.